The van der Waals surface area contributed by atoms with Crippen molar-refractivity contribution in [3.63, 3.8) is 0 Å². The summed E-state index contributed by atoms with van der Waals surface area (Å²) < 4.78 is 74.9. The minimum Gasteiger partial charge on any atom is -0.511 e. The number of sulfonamides is 2. The number of aliphatic hydroxyl groups is 1. The van der Waals surface area contributed by atoms with Crippen LogP contribution in [-0.4, -0.2) is 58.0 Å². The summed E-state index contributed by atoms with van der Waals surface area (Å²) in [6, 6.07) is 7.93. The number of rotatable bonds is 6. The molecule has 2 heterocycles. The number of hydrogen-bond acceptors (Lipinski definition) is 8. The molecule has 40 heavy (non-hydrogen) atoms. The van der Waals surface area contributed by atoms with Gasteiger partial charge in [0.25, 0.3) is 15.9 Å². The predicted octanol–water partition coefficient (Wildman–Crippen LogP) is 2.99. The fourth-order valence-corrected chi connectivity index (χ4v) is 8.30. The maximum atomic E-state index is 14.1. The second-order valence-electron chi connectivity index (χ2n) is 10.6. The Morgan fingerprint density at radius 3 is 2.67 bits per heavy atom. The first-order valence-corrected chi connectivity index (χ1v) is 16.0. The molecule has 0 unspecified atom stereocenters. The van der Waals surface area contributed by atoms with Gasteiger partial charge in [0.15, 0.2) is 17.4 Å². The summed E-state index contributed by atoms with van der Waals surface area (Å²) in [6.45, 7) is 0.105. The van der Waals surface area contributed by atoms with Crippen LogP contribution in [0.5, 0.6) is 5.75 Å². The lowest BCUT2D eigenvalue weighted by Crippen LogP contribution is -2.53. The van der Waals surface area contributed by atoms with Crippen molar-refractivity contribution in [1.29, 1.82) is 0 Å². The Balaban J connectivity index is 1.40. The standard InChI is InChI=1S/C26H27FN4O7S2/c1-38-19-9-13(3-7-17(19)27)12-31-23-15-5-4-14(10-15)21(23)24(32)22(26(31)33)25-28-18-8-6-16(29-39(2,34)35)11-20(18)40(36,37)30-25/h3,6-9,11,14-15,21,23,29,32H,4-5,10,12H2,1-2H3,(H,28,30)/t14-,15+,21+,23-/m0/s1. The van der Waals surface area contributed by atoms with Crippen molar-refractivity contribution in [2.45, 2.75) is 36.7 Å². The van der Waals surface area contributed by atoms with E-state index in [1.54, 1.807) is 11.0 Å². The summed E-state index contributed by atoms with van der Waals surface area (Å²) in [5.41, 5.74) is 0.514. The fraction of sp³-hybridized carbons (Fsp3) is 0.385. The Morgan fingerprint density at radius 2 is 1.95 bits per heavy atom. The van der Waals surface area contributed by atoms with E-state index in [-0.39, 0.29) is 69.5 Å². The maximum absolute atomic E-state index is 14.1. The summed E-state index contributed by atoms with van der Waals surface area (Å²) in [4.78, 5) is 15.4. The molecular weight excluding hydrogens is 563 g/mol. The molecule has 14 heteroatoms. The molecule has 4 atom stereocenters. The zero-order valence-electron chi connectivity index (χ0n) is 21.6. The number of halogens is 1. The number of carbonyl (C=O) groups is 1. The quantitative estimate of drug-likeness (QED) is 0.464. The zero-order chi connectivity index (χ0) is 28.6. The molecule has 0 aromatic heterocycles. The third kappa shape index (κ3) is 4.38. The first-order chi connectivity index (χ1) is 18.9. The molecule has 4 aliphatic rings. The van der Waals surface area contributed by atoms with E-state index in [2.05, 4.69) is 14.4 Å². The van der Waals surface area contributed by atoms with Gasteiger partial charge in [-0.3, -0.25) is 9.52 Å². The molecule has 2 aromatic carbocycles. The van der Waals surface area contributed by atoms with Gasteiger partial charge in [0.05, 0.1) is 19.1 Å². The monoisotopic (exact) mass is 590 g/mol. The lowest BCUT2D eigenvalue weighted by atomic mass is 9.77. The van der Waals surface area contributed by atoms with E-state index in [0.29, 0.717) is 5.56 Å². The number of hydrogen-bond donors (Lipinski definition) is 3. The van der Waals surface area contributed by atoms with Crippen LogP contribution in [0.25, 0.3) is 0 Å². The highest BCUT2D eigenvalue weighted by atomic mass is 32.2. The fourth-order valence-electron chi connectivity index (χ4n) is 6.59. The molecule has 0 radical (unpaired) electrons. The van der Waals surface area contributed by atoms with Gasteiger partial charge in [-0.2, -0.15) is 8.42 Å². The van der Waals surface area contributed by atoms with Gasteiger partial charge in [0.2, 0.25) is 10.0 Å². The SMILES string of the molecule is COc1cc(CN2C(=O)C(C3=NS(=O)(=O)c4cc(NS(C)(=O)=O)ccc4N3)=C(O)[C@@H]3[C@H]4CC[C@H](C4)[C@@H]32)ccc1F. The van der Waals surface area contributed by atoms with E-state index < -0.39 is 31.8 Å². The molecule has 2 bridgehead atoms. The number of methoxy groups -OCH3 is 1. The second-order valence-corrected chi connectivity index (χ2v) is 14.0. The van der Waals surface area contributed by atoms with Crippen molar-refractivity contribution in [1.82, 2.24) is 4.90 Å². The first kappa shape index (κ1) is 26.6. The molecule has 6 rings (SSSR count). The van der Waals surface area contributed by atoms with Crippen LogP contribution in [0.2, 0.25) is 0 Å². The van der Waals surface area contributed by atoms with Gasteiger partial charge < -0.3 is 20.1 Å². The summed E-state index contributed by atoms with van der Waals surface area (Å²) in [5, 5.41) is 14.3. The normalized spacial score (nSPS) is 26.6. The predicted molar refractivity (Wildman–Crippen MR) is 144 cm³/mol. The van der Waals surface area contributed by atoms with E-state index in [4.69, 9.17) is 4.74 Å². The molecule has 212 valence electrons. The van der Waals surface area contributed by atoms with Crippen molar-refractivity contribution in [3.8, 4) is 5.75 Å². The third-order valence-corrected chi connectivity index (χ3v) is 10.0. The molecular formula is C26H27FN4O7S2. The smallest absolute Gasteiger partial charge is 0.286 e. The van der Waals surface area contributed by atoms with E-state index in [1.165, 1.54) is 31.4 Å². The van der Waals surface area contributed by atoms with E-state index >= 15 is 0 Å². The molecule has 3 N–H and O–H groups in total. The lowest BCUT2D eigenvalue weighted by molar-refractivity contribution is -0.134. The molecule has 2 fully saturated rings. The Hall–Kier alpha value is -3.65. The Kier molecular flexibility index (Phi) is 6.11. The maximum Gasteiger partial charge on any atom is 0.286 e. The Bertz CT molecular complexity index is 1720. The van der Waals surface area contributed by atoms with Gasteiger partial charge in [0.1, 0.15) is 16.2 Å². The van der Waals surface area contributed by atoms with Crippen LogP contribution < -0.4 is 14.8 Å². The lowest BCUT2D eigenvalue weighted by Gasteiger charge is -2.44. The van der Waals surface area contributed by atoms with Crippen molar-refractivity contribution >= 4 is 43.2 Å². The molecule has 11 nitrogen and oxygen atoms in total. The van der Waals surface area contributed by atoms with Gasteiger partial charge in [-0.25, -0.2) is 12.8 Å². The van der Waals surface area contributed by atoms with E-state index in [0.717, 1.165) is 31.6 Å². The Labute approximate surface area is 230 Å². The molecule has 2 saturated carbocycles. The highest BCUT2D eigenvalue weighted by molar-refractivity contribution is 7.92. The van der Waals surface area contributed by atoms with Crippen LogP contribution in [0.3, 0.4) is 0 Å². The minimum absolute atomic E-state index is 0.0341. The molecule has 2 aromatic rings. The van der Waals surface area contributed by atoms with Crippen molar-refractivity contribution in [2.75, 3.05) is 23.4 Å². The topological polar surface area (TPSA) is 154 Å². The molecule has 0 spiro atoms. The third-order valence-electron chi connectivity index (χ3n) is 8.11. The van der Waals surface area contributed by atoms with Gasteiger partial charge >= 0.3 is 0 Å². The summed E-state index contributed by atoms with van der Waals surface area (Å²) >= 11 is 0. The Morgan fingerprint density at radius 1 is 1.20 bits per heavy atom. The van der Waals surface area contributed by atoms with Crippen molar-refractivity contribution < 1.29 is 35.9 Å². The number of aliphatic hydroxyl groups excluding tert-OH is 1. The number of nitrogens with zero attached hydrogens (tertiary/aromatic N) is 2. The van der Waals surface area contributed by atoms with Crippen molar-refractivity contribution in [2.24, 2.45) is 22.2 Å². The number of ether oxygens (including phenoxy) is 1. The largest absolute Gasteiger partial charge is 0.511 e. The molecule has 0 saturated heterocycles. The number of fused-ring (bicyclic) bond motifs is 6. The first-order valence-electron chi connectivity index (χ1n) is 12.7. The van der Waals surface area contributed by atoms with Crippen LogP contribution in [0.4, 0.5) is 15.8 Å². The van der Waals surface area contributed by atoms with Gasteiger partial charge in [-0.1, -0.05) is 6.07 Å². The highest BCUT2D eigenvalue weighted by Gasteiger charge is 2.57. The summed E-state index contributed by atoms with van der Waals surface area (Å²) in [7, 11) is -6.68. The molecule has 2 aliphatic heterocycles. The van der Waals surface area contributed by atoms with E-state index in [9.17, 15) is 31.1 Å². The van der Waals surface area contributed by atoms with Crippen LogP contribution in [0, 0.1) is 23.6 Å². The summed E-state index contributed by atoms with van der Waals surface area (Å²) in [6.07, 6.45) is 3.57. The number of amides is 1. The number of carbonyl (C=O) groups excluding carboxylic acids is 1. The molecule has 2 aliphatic carbocycles. The number of anilines is 2. The number of benzene rings is 2. The second kappa shape index (κ2) is 9.20. The van der Waals surface area contributed by atoms with Crippen LogP contribution in [0.1, 0.15) is 24.8 Å². The van der Waals surface area contributed by atoms with Crippen LogP contribution in [-0.2, 0) is 31.4 Å². The average molecular weight is 591 g/mol. The zero-order valence-corrected chi connectivity index (χ0v) is 23.2. The minimum atomic E-state index is -4.37. The highest BCUT2D eigenvalue weighted by Crippen LogP contribution is 2.55. The van der Waals surface area contributed by atoms with Crippen LogP contribution >= 0.6 is 0 Å². The van der Waals surface area contributed by atoms with Gasteiger partial charge in [-0.05, 0) is 67.0 Å². The average Bonchev–Trinajstić information content (AvgIpc) is 3.49. The summed E-state index contributed by atoms with van der Waals surface area (Å²) in [5.74, 6) is -1.66. The number of nitrogens with one attached hydrogen (secondary N) is 2. The van der Waals surface area contributed by atoms with E-state index in [1.807, 2.05) is 0 Å². The van der Waals surface area contributed by atoms with Crippen LogP contribution in [0.15, 0.2) is 57.0 Å². The van der Waals surface area contributed by atoms with Gasteiger partial charge in [0, 0.05) is 24.2 Å². The molecule has 1 amide bonds. The van der Waals surface area contributed by atoms with Crippen molar-refractivity contribution in [3.05, 3.63) is 59.1 Å². The van der Waals surface area contributed by atoms with Gasteiger partial charge in [-0.15, -0.1) is 4.40 Å². The number of amidine groups is 1.